The lowest BCUT2D eigenvalue weighted by molar-refractivity contribution is 0.137. The van der Waals surface area contributed by atoms with Crippen LogP contribution in [0.4, 0.5) is 0 Å². The summed E-state index contributed by atoms with van der Waals surface area (Å²) in [5.74, 6) is 0. The zero-order valence-corrected chi connectivity index (χ0v) is 8.91. The molecule has 0 radical (unpaired) electrons. The first-order valence-electron chi connectivity index (χ1n) is 5.11. The first kappa shape index (κ1) is 9.99. The van der Waals surface area contributed by atoms with Crippen LogP contribution in [0.15, 0.2) is 29.4 Å². The van der Waals surface area contributed by atoms with E-state index in [0.29, 0.717) is 5.25 Å². The molecule has 1 N–H and O–H groups in total. The van der Waals surface area contributed by atoms with Gasteiger partial charge >= 0.3 is 0 Å². The Morgan fingerprint density at radius 2 is 1.93 bits per heavy atom. The maximum absolute atomic E-state index is 9.79. The number of pyridine rings is 1. The summed E-state index contributed by atoms with van der Waals surface area (Å²) in [6.45, 7) is 0. The van der Waals surface area contributed by atoms with Crippen molar-refractivity contribution in [3.8, 4) is 0 Å². The molecular weight excluding hydrogens is 194 g/mol. The van der Waals surface area contributed by atoms with E-state index in [2.05, 4.69) is 4.98 Å². The van der Waals surface area contributed by atoms with Gasteiger partial charge in [0, 0.05) is 22.5 Å². The van der Waals surface area contributed by atoms with Crippen molar-refractivity contribution in [1.29, 1.82) is 0 Å². The van der Waals surface area contributed by atoms with Gasteiger partial charge in [0.2, 0.25) is 0 Å². The Labute approximate surface area is 88.8 Å². The van der Waals surface area contributed by atoms with E-state index in [0.717, 1.165) is 12.8 Å². The molecule has 1 fully saturated rings. The molecule has 14 heavy (non-hydrogen) atoms. The van der Waals surface area contributed by atoms with E-state index in [1.54, 1.807) is 24.2 Å². The number of aliphatic hydroxyl groups excluding tert-OH is 1. The highest BCUT2D eigenvalue weighted by molar-refractivity contribution is 8.00. The number of nitrogens with zero attached hydrogens (tertiary/aromatic N) is 1. The smallest absolute Gasteiger partial charge is 0.0662 e. The van der Waals surface area contributed by atoms with E-state index in [1.165, 1.54) is 17.7 Å². The highest BCUT2D eigenvalue weighted by Gasteiger charge is 2.23. The molecular formula is C11H15NOS. The van der Waals surface area contributed by atoms with Crippen LogP contribution in [0.1, 0.15) is 25.7 Å². The molecule has 2 rings (SSSR count). The standard InChI is InChI=1S/C11H15NOS/c13-10-3-1-2-4-11(10)14-9-5-7-12-8-6-9/h5-8,10-11,13H,1-4H2/t10-,11-/m1/s1. The van der Waals surface area contributed by atoms with Gasteiger partial charge in [0.25, 0.3) is 0 Å². The zero-order chi connectivity index (χ0) is 9.80. The molecule has 1 aliphatic carbocycles. The van der Waals surface area contributed by atoms with Crippen LogP contribution >= 0.6 is 11.8 Å². The summed E-state index contributed by atoms with van der Waals surface area (Å²) in [5.41, 5.74) is 0. The summed E-state index contributed by atoms with van der Waals surface area (Å²) in [4.78, 5) is 5.20. The minimum atomic E-state index is -0.123. The summed E-state index contributed by atoms with van der Waals surface area (Å²) in [6, 6.07) is 4.01. The largest absolute Gasteiger partial charge is 0.392 e. The van der Waals surface area contributed by atoms with Crippen molar-refractivity contribution < 1.29 is 5.11 Å². The monoisotopic (exact) mass is 209 g/mol. The van der Waals surface area contributed by atoms with Crippen molar-refractivity contribution in [2.24, 2.45) is 0 Å². The summed E-state index contributed by atoms with van der Waals surface area (Å²) in [5, 5.41) is 10.2. The fourth-order valence-corrected chi connectivity index (χ4v) is 3.01. The second kappa shape index (κ2) is 4.80. The Morgan fingerprint density at radius 3 is 2.64 bits per heavy atom. The molecule has 76 valence electrons. The van der Waals surface area contributed by atoms with Crippen molar-refractivity contribution in [2.75, 3.05) is 0 Å². The van der Waals surface area contributed by atoms with Gasteiger partial charge in [-0.25, -0.2) is 0 Å². The van der Waals surface area contributed by atoms with Crippen molar-refractivity contribution in [3.63, 3.8) is 0 Å². The van der Waals surface area contributed by atoms with Crippen LogP contribution in [0.3, 0.4) is 0 Å². The van der Waals surface area contributed by atoms with Crippen LogP contribution in [-0.4, -0.2) is 21.4 Å². The molecule has 3 heteroatoms. The molecule has 1 saturated carbocycles. The minimum absolute atomic E-state index is 0.123. The number of thioether (sulfide) groups is 1. The predicted molar refractivity (Wildman–Crippen MR) is 58.4 cm³/mol. The second-order valence-electron chi connectivity index (χ2n) is 3.69. The number of hydrogen-bond acceptors (Lipinski definition) is 3. The lowest BCUT2D eigenvalue weighted by atomic mass is 9.97. The molecule has 0 spiro atoms. The Bertz CT molecular complexity index is 278. The van der Waals surface area contributed by atoms with Crippen LogP contribution < -0.4 is 0 Å². The van der Waals surface area contributed by atoms with Crippen LogP contribution in [0, 0.1) is 0 Å². The molecule has 1 heterocycles. The van der Waals surface area contributed by atoms with Crippen LogP contribution in [-0.2, 0) is 0 Å². The van der Waals surface area contributed by atoms with Crippen molar-refractivity contribution in [1.82, 2.24) is 4.98 Å². The van der Waals surface area contributed by atoms with Gasteiger partial charge in [0.05, 0.1) is 6.10 Å². The molecule has 0 amide bonds. The van der Waals surface area contributed by atoms with Gasteiger partial charge in [-0.05, 0) is 25.0 Å². The normalized spacial score (nSPS) is 27.5. The number of aliphatic hydroxyl groups is 1. The van der Waals surface area contributed by atoms with Crippen LogP contribution in [0.5, 0.6) is 0 Å². The van der Waals surface area contributed by atoms with Gasteiger partial charge in [-0.3, -0.25) is 4.98 Å². The van der Waals surface area contributed by atoms with E-state index in [4.69, 9.17) is 0 Å². The molecule has 1 aromatic heterocycles. The molecule has 0 aromatic carbocycles. The molecule has 1 aliphatic rings. The molecule has 0 bridgehead atoms. The quantitative estimate of drug-likeness (QED) is 0.812. The van der Waals surface area contributed by atoms with Crippen LogP contribution in [0.2, 0.25) is 0 Å². The van der Waals surface area contributed by atoms with Crippen molar-refractivity contribution >= 4 is 11.8 Å². The van der Waals surface area contributed by atoms with Crippen LogP contribution in [0.25, 0.3) is 0 Å². The molecule has 0 unspecified atom stereocenters. The third kappa shape index (κ3) is 2.49. The van der Waals surface area contributed by atoms with Crippen molar-refractivity contribution in [3.05, 3.63) is 24.5 Å². The topological polar surface area (TPSA) is 33.1 Å². The summed E-state index contributed by atoms with van der Waals surface area (Å²) in [7, 11) is 0. The number of rotatable bonds is 2. The Kier molecular flexibility index (Phi) is 3.43. The average Bonchev–Trinajstić information content (AvgIpc) is 2.23. The summed E-state index contributed by atoms with van der Waals surface area (Å²) < 4.78 is 0. The third-order valence-corrected chi connectivity index (χ3v) is 4.00. The van der Waals surface area contributed by atoms with E-state index in [-0.39, 0.29) is 6.10 Å². The maximum Gasteiger partial charge on any atom is 0.0662 e. The molecule has 0 saturated heterocycles. The number of aromatic nitrogens is 1. The Morgan fingerprint density at radius 1 is 1.21 bits per heavy atom. The van der Waals surface area contributed by atoms with E-state index >= 15 is 0 Å². The van der Waals surface area contributed by atoms with Crippen molar-refractivity contribution in [2.45, 2.75) is 41.9 Å². The van der Waals surface area contributed by atoms with Gasteiger partial charge in [-0.1, -0.05) is 12.8 Å². The molecule has 2 atom stereocenters. The van der Waals surface area contributed by atoms with Gasteiger partial charge in [0.15, 0.2) is 0 Å². The Hall–Kier alpha value is -0.540. The summed E-state index contributed by atoms with van der Waals surface area (Å²) >= 11 is 1.78. The number of hydrogen-bond donors (Lipinski definition) is 1. The summed E-state index contributed by atoms with van der Waals surface area (Å²) in [6.07, 6.45) is 8.00. The first-order chi connectivity index (χ1) is 6.86. The first-order valence-corrected chi connectivity index (χ1v) is 5.99. The van der Waals surface area contributed by atoms with Gasteiger partial charge < -0.3 is 5.11 Å². The SMILES string of the molecule is O[C@@H]1CCCC[C@H]1Sc1ccncc1. The molecule has 0 aliphatic heterocycles. The predicted octanol–water partition coefficient (Wildman–Crippen LogP) is 2.48. The fourth-order valence-electron chi connectivity index (χ4n) is 1.81. The lowest BCUT2D eigenvalue weighted by Gasteiger charge is -2.26. The van der Waals surface area contributed by atoms with Gasteiger partial charge in [0.1, 0.15) is 0 Å². The minimum Gasteiger partial charge on any atom is -0.392 e. The van der Waals surface area contributed by atoms with Gasteiger partial charge in [-0.2, -0.15) is 0 Å². The fraction of sp³-hybridized carbons (Fsp3) is 0.545. The van der Waals surface area contributed by atoms with Gasteiger partial charge in [-0.15, -0.1) is 11.8 Å². The highest BCUT2D eigenvalue weighted by Crippen LogP contribution is 2.33. The molecule has 2 nitrogen and oxygen atoms in total. The maximum atomic E-state index is 9.79. The highest BCUT2D eigenvalue weighted by atomic mass is 32.2. The average molecular weight is 209 g/mol. The second-order valence-corrected chi connectivity index (χ2v) is 5.00. The third-order valence-electron chi connectivity index (χ3n) is 2.60. The Balaban J connectivity index is 1.96. The zero-order valence-electron chi connectivity index (χ0n) is 8.10. The molecule has 1 aromatic rings. The van der Waals surface area contributed by atoms with E-state index in [1.807, 2.05) is 12.1 Å². The van der Waals surface area contributed by atoms with E-state index in [9.17, 15) is 5.11 Å². The lowest BCUT2D eigenvalue weighted by Crippen LogP contribution is -2.26. The van der Waals surface area contributed by atoms with E-state index < -0.39 is 0 Å².